The van der Waals surface area contributed by atoms with Gasteiger partial charge in [-0.05, 0) is 40.9 Å². The van der Waals surface area contributed by atoms with E-state index in [1.165, 1.54) is 5.56 Å². The van der Waals surface area contributed by atoms with Crippen molar-refractivity contribution < 1.29 is 4.79 Å². The Morgan fingerprint density at radius 1 is 1.44 bits per heavy atom. The summed E-state index contributed by atoms with van der Waals surface area (Å²) in [4.78, 5) is 15.7. The Balaban J connectivity index is 1.98. The third-order valence-corrected chi connectivity index (χ3v) is 3.21. The van der Waals surface area contributed by atoms with Crippen LogP contribution in [0.3, 0.4) is 0 Å². The van der Waals surface area contributed by atoms with Gasteiger partial charge in [-0.25, -0.2) is 4.98 Å². The van der Waals surface area contributed by atoms with Crippen LogP contribution >= 0.6 is 22.9 Å². The summed E-state index contributed by atoms with van der Waals surface area (Å²) in [5.74, 6) is 0.107. The predicted octanol–water partition coefficient (Wildman–Crippen LogP) is 3.61. The first kappa shape index (κ1) is 11.3. The van der Waals surface area contributed by atoms with E-state index in [9.17, 15) is 4.79 Å². The van der Waals surface area contributed by atoms with Crippen molar-refractivity contribution in [3.8, 4) is 0 Å². The summed E-state index contributed by atoms with van der Waals surface area (Å²) in [6.45, 7) is 0. The quantitative estimate of drug-likeness (QED) is 0.614. The lowest BCUT2D eigenvalue weighted by Crippen LogP contribution is -2.01. The van der Waals surface area contributed by atoms with E-state index < -0.39 is 0 Å². The smallest absolute Gasteiger partial charge is 0.163 e. The Labute approximate surface area is 103 Å². The normalized spacial score (nSPS) is 10.3. The lowest BCUT2D eigenvalue weighted by Gasteiger charge is -2.00. The molecule has 0 bridgehead atoms. The summed E-state index contributed by atoms with van der Waals surface area (Å²) < 4.78 is 0. The largest absolute Gasteiger partial charge is 0.294 e. The topological polar surface area (TPSA) is 30.0 Å². The molecule has 0 fully saturated rings. The van der Waals surface area contributed by atoms with Gasteiger partial charge in [0.05, 0.1) is 0 Å². The second-order valence-corrected chi connectivity index (χ2v) is 4.59. The highest BCUT2D eigenvalue weighted by Crippen LogP contribution is 2.13. The third kappa shape index (κ3) is 2.90. The maximum atomic E-state index is 11.8. The second-order valence-electron chi connectivity index (χ2n) is 3.42. The first-order valence-electron chi connectivity index (χ1n) is 4.91. The van der Waals surface area contributed by atoms with Gasteiger partial charge in [-0.15, -0.1) is 0 Å². The zero-order chi connectivity index (χ0) is 11.4. The van der Waals surface area contributed by atoms with Crippen LogP contribution in [0, 0.1) is 0 Å². The van der Waals surface area contributed by atoms with E-state index >= 15 is 0 Å². The first-order chi connectivity index (χ1) is 7.75. The fraction of sp³-hybridized carbons (Fsp3) is 0.167. The number of hydrogen-bond acceptors (Lipinski definition) is 3. The van der Waals surface area contributed by atoms with Crippen molar-refractivity contribution in [3.63, 3.8) is 0 Å². The zero-order valence-electron chi connectivity index (χ0n) is 8.52. The molecule has 0 saturated heterocycles. The summed E-state index contributed by atoms with van der Waals surface area (Å²) >= 11 is 7.37. The van der Waals surface area contributed by atoms with Gasteiger partial charge >= 0.3 is 0 Å². The van der Waals surface area contributed by atoms with E-state index in [1.807, 2.05) is 11.4 Å². The van der Waals surface area contributed by atoms with Gasteiger partial charge in [0.25, 0.3) is 0 Å². The standard InChI is InChI=1S/C12H10ClNOS/c13-12-7-10(3-5-14-12)11(15)2-1-9-4-6-16-8-9/h3-8H,1-2H2. The number of ketones is 1. The van der Waals surface area contributed by atoms with E-state index in [4.69, 9.17) is 11.6 Å². The molecule has 0 amide bonds. The van der Waals surface area contributed by atoms with Gasteiger partial charge in [0.15, 0.2) is 5.78 Å². The molecule has 0 atom stereocenters. The van der Waals surface area contributed by atoms with Crippen LogP contribution in [0.2, 0.25) is 5.15 Å². The van der Waals surface area contributed by atoms with E-state index in [2.05, 4.69) is 10.4 Å². The summed E-state index contributed by atoms with van der Waals surface area (Å²) in [5, 5.41) is 4.44. The summed E-state index contributed by atoms with van der Waals surface area (Å²) in [6.07, 6.45) is 2.85. The summed E-state index contributed by atoms with van der Waals surface area (Å²) in [7, 11) is 0. The van der Waals surface area contributed by atoms with Crippen LogP contribution in [-0.4, -0.2) is 10.8 Å². The zero-order valence-corrected chi connectivity index (χ0v) is 10.1. The number of rotatable bonds is 4. The van der Waals surface area contributed by atoms with Crippen molar-refractivity contribution >= 4 is 28.7 Å². The van der Waals surface area contributed by atoms with Gasteiger partial charge in [0, 0.05) is 18.2 Å². The minimum absolute atomic E-state index is 0.107. The number of thiophene rings is 1. The number of nitrogens with zero attached hydrogens (tertiary/aromatic N) is 1. The highest BCUT2D eigenvalue weighted by Gasteiger charge is 2.07. The fourth-order valence-corrected chi connectivity index (χ4v) is 2.29. The molecule has 0 radical (unpaired) electrons. The Morgan fingerprint density at radius 2 is 2.31 bits per heavy atom. The molecule has 0 aliphatic heterocycles. The number of aromatic nitrogens is 1. The van der Waals surface area contributed by atoms with Crippen LogP contribution in [0.5, 0.6) is 0 Å². The highest BCUT2D eigenvalue weighted by molar-refractivity contribution is 7.07. The van der Waals surface area contributed by atoms with Crippen LogP contribution in [0.1, 0.15) is 22.3 Å². The van der Waals surface area contributed by atoms with Gasteiger partial charge in [-0.3, -0.25) is 4.79 Å². The number of hydrogen-bond donors (Lipinski definition) is 0. The molecule has 16 heavy (non-hydrogen) atoms. The van der Waals surface area contributed by atoms with E-state index in [0.717, 1.165) is 6.42 Å². The highest BCUT2D eigenvalue weighted by atomic mass is 35.5. The molecular formula is C12H10ClNOS. The van der Waals surface area contributed by atoms with Crippen LogP contribution in [0.4, 0.5) is 0 Å². The number of carbonyl (C=O) groups is 1. The SMILES string of the molecule is O=C(CCc1ccsc1)c1ccnc(Cl)c1. The Hall–Kier alpha value is -1.19. The fourth-order valence-electron chi connectivity index (χ4n) is 1.41. The molecule has 2 nitrogen and oxygen atoms in total. The average molecular weight is 252 g/mol. The molecule has 0 aliphatic rings. The number of pyridine rings is 1. The molecule has 0 unspecified atom stereocenters. The van der Waals surface area contributed by atoms with Crippen LogP contribution in [0.15, 0.2) is 35.2 Å². The van der Waals surface area contributed by atoms with Crippen molar-refractivity contribution in [2.45, 2.75) is 12.8 Å². The molecule has 0 N–H and O–H groups in total. The molecule has 0 aliphatic carbocycles. The average Bonchev–Trinajstić information content (AvgIpc) is 2.78. The summed E-state index contributed by atoms with van der Waals surface area (Å²) in [6, 6.07) is 5.34. The maximum Gasteiger partial charge on any atom is 0.163 e. The number of Topliss-reactive ketones (excluding diaryl/α,β-unsaturated/α-hetero) is 1. The molecule has 2 heterocycles. The molecule has 82 valence electrons. The minimum Gasteiger partial charge on any atom is -0.294 e. The Kier molecular flexibility index (Phi) is 3.70. The van der Waals surface area contributed by atoms with Crippen LogP contribution in [0.25, 0.3) is 0 Å². The van der Waals surface area contributed by atoms with Crippen LogP contribution < -0.4 is 0 Å². The second kappa shape index (κ2) is 5.23. The monoisotopic (exact) mass is 251 g/mol. The first-order valence-corrected chi connectivity index (χ1v) is 6.23. The Morgan fingerprint density at radius 3 is 3.00 bits per heavy atom. The molecular weight excluding hydrogens is 242 g/mol. The number of aryl methyl sites for hydroxylation is 1. The summed E-state index contributed by atoms with van der Waals surface area (Å²) in [5.41, 5.74) is 1.84. The van der Waals surface area contributed by atoms with E-state index in [-0.39, 0.29) is 5.78 Å². The Bertz CT molecular complexity index is 482. The lowest BCUT2D eigenvalue weighted by atomic mass is 10.1. The van der Waals surface area contributed by atoms with Crippen molar-refractivity contribution in [2.24, 2.45) is 0 Å². The molecule has 0 saturated carbocycles. The van der Waals surface area contributed by atoms with Gasteiger partial charge in [0.1, 0.15) is 5.15 Å². The van der Waals surface area contributed by atoms with Crippen LogP contribution in [-0.2, 0) is 6.42 Å². The van der Waals surface area contributed by atoms with Gasteiger partial charge < -0.3 is 0 Å². The van der Waals surface area contributed by atoms with Crippen molar-refractivity contribution in [2.75, 3.05) is 0 Å². The molecule has 0 aromatic carbocycles. The minimum atomic E-state index is 0.107. The van der Waals surface area contributed by atoms with Crippen molar-refractivity contribution in [1.82, 2.24) is 4.98 Å². The third-order valence-electron chi connectivity index (χ3n) is 2.27. The van der Waals surface area contributed by atoms with Crippen molar-refractivity contribution in [3.05, 3.63) is 51.4 Å². The van der Waals surface area contributed by atoms with E-state index in [0.29, 0.717) is 17.1 Å². The van der Waals surface area contributed by atoms with Crippen molar-refractivity contribution in [1.29, 1.82) is 0 Å². The molecule has 2 rings (SSSR count). The lowest BCUT2D eigenvalue weighted by molar-refractivity contribution is 0.0983. The molecule has 2 aromatic heterocycles. The van der Waals surface area contributed by atoms with Gasteiger partial charge in [-0.1, -0.05) is 11.6 Å². The molecule has 4 heteroatoms. The molecule has 2 aromatic rings. The van der Waals surface area contributed by atoms with Gasteiger partial charge in [0.2, 0.25) is 0 Å². The molecule has 0 spiro atoms. The predicted molar refractivity (Wildman–Crippen MR) is 66.2 cm³/mol. The number of carbonyl (C=O) groups excluding carboxylic acids is 1. The number of halogens is 1. The van der Waals surface area contributed by atoms with E-state index in [1.54, 1.807) is 29.7 Å². The van der Waals surface area contributed by atoms with Gasteiger partial charge in [-0.2, -0.15) is 11.3 Å². The maximum absolute atomic E-state index is 11.8.